The van der Waals surface area contributed by atoms with Crippen LogP contribution in [0.3, 0.4) is 0 Å². The Morgan fingerprint density at radius 1 is 1.11 bits per heavy atom. The fourth-order valence-electron chi connectivity index (χ4n) is 3.09. The van der Waals surface area contributed by atoms with Gasteiger partial charge in [0, 0.05) is 18.4 Å². The third-order valence-corrected chi connectivity index (χ3v) is 5.01. The topological polar surface area (TPSA) is 3.24 Å². The Morgan fingerprint density at radius 3 is 2.84 bits per heavy atom. The molecule has 1 saturated heterocycles. The summed E-state index contributed by atoms with van der Waals surface area (Å²) in [4.78, 5) is 2.61. The molecule has 2 aromatic carbocycles. The predicted molar refractivity (Wildman–Crippen MR) is 85.7 cm³/mol. The minimum absolute atomic E-state index is 0.823. The van der Waals surface area contributed by atoms with Crippen molar-refractivity contribution < 1.29 is 0 Å². The highest BCUT2D eigenvalue weighted by atomic mass is 79.9. The van der Waals surface area contributed by atoms with Gasteiger partial charge in [0.15, 0.2) is 0 Å². The molecule has 0 radical (unpaired) electrons. The molecule has 2 heteroatoms. The van der Waals surface area contributed by atoms with Crippen LogP contribution in [-0.2, 0) is 6.54 Å². The summed E-state index contributed by atoms with van der Waals surface area (Å²) in [5, 5.41) is 3.90. The van der Waals surface area contributed by atoms with Gasteiger partial charge >= 0.3 is 0 Å². The second-order valence-electron chi connectivity index (χ2n) is 5.54. The van der Waals surface area contributed by atoms with Crippen LogP contribution in [0.4, 0.5) is 0 Å². The van der Waals surface area contributed by atoms with Gasteiger partial charge in [0.1, 0.15) is 0 Å². The number of piperidine rings is 1. The summed E-state index contributed by atoms with van der Waals surface area (Å²) in [6, 6.07) is 15.4. The molecular formula is C17H20BrN. The van der Waals surface area contributed by atoms with Gasteiger partial charge in [-0.05, 0) is 41.6 Å². The number of benzene rings is 2. The molecule has 1 aliphatic heterocycles. The molecule has 1 unspecified atom stereocenters. The third-order valence-electron chi connectivity index (χ3n) is 4.10. The van der Waals surface area contributed by atoms with E-state index < -0.39 is 0 Å². The van der Waals surface area contributed by atoms with E-state index in [9.17, 15) is 0 Å². The number of fused-ring (bicyclic) bond motifs is 1. The lowest BCUT2D eigenvalue weighted by molar-refractivity contribution is 0.180. The second kappa shape index (κ2) is 6.06. The molecule has 2 aromatic rings. The van der Waals surface area contributed by atoms with Crippen LogP contribution in [-0.4, -0.2) is 23.3 Å². The molecule has 0 saturated carbocycles. The van der Waals surface area contributed by atoms with E-state index >= 15 is 0 Å². The third kappa shape index (κ3) is 3.01. The zero-order valence-corrected chi connectivity index (χ0v) is 12.8. The van der Waals surface area contributed by atoms with Gasteiger partial charge in [-0.2, -0.15) is 0 Å². The van der Waals surface area contributed by atoms with Gasteiger partial charge in [-0.1, -0.05) is 58.4 Å². The maximum absolute atomic E-state index is 3.64. The van der Waals surface area contributed by atoms with Crippen molar-refractivity contribution in [3.63, 3.8) is 0 Å². The van der Waals surface area contributed by atoms with E-state index in [1.54, 1.807) is 0 Å². The van der Waals surface area contributed by atoms with Gasteiger partial charge in [0.2, 0.25) is 0 Å². The Balaban J connectivity index is 1.81. The molecule has 0 aromatic heterocycles. The van der Waals surface area contributed by atoms with Crippen LogP contribution in [0.1, 0.15) is 18.4 Å². The van der Waals surface area contributed by atoms with Crippen LogP contribution in [0.5, 0.6) is 0 Å². The van der Waals surface area contributed by atoms with Gasteiger partial charge in [-0.3, -0.25) is 4.90 Å². The largest absolute Gasteiger partial charge is 0.299 e. The van der Waals surface area contributed by atoms with Gasteiger partial charge in [-0.15, -0.1) is 0 Å². The number of halogens is 1. The lowest BCUT2D eigenvalue weighted by atomic mass is 9.98. The predicted octanol–water partition coefficient (Wildman–Crippen LogP) is 4.45. The van der Waals surface area contributed by atoms with E-state index in [2.05, 4.69) is 63.3 Å². The van der Waals surface area contributed by atoms with Crippen molar-refractivity contribution in [2.45, 2.75) is 19.4 Å². The van der Waals surface area contributed by atoms with E-state index in [0.29, 0.717) is 0 Å². The smallest absolute Gasteiger partial charge is 0.0240 e. The molecule has 0 amide bonds. The van der Waals surface area contributed by atoms with Gasteiger partial charge in [0.05, 0.1) is 0 Å². The summed E-state index contributed by atoms with van der Waals surface area (Å²) in [5.74, 6) is 0.823. The lowest BCUT2D eigenvalue weighted by Gasteiger charge is -2.32. The Hall–Kier alpha value is -0.860. The molecule has 19 heavy (non-hydrogen) atoms. The van der Waals surface area contributed by atoms with Crippen molar-refractivity contribution in [1.29, 1.82) is 0 Å². The van der Waals surface area contributed by atoms with E-state index in [1.807, 2.05) is 0 Å². The molecule has 1 heterocycles. The van der Waals surface area contributed by atoms with Crippen LogP contribution in [0.2, 0.25) is 0 Å². The summed E-state index contributed by atoms with van der Waals surface area (Å²) in [6.45, 7) is 3.56. The van der Waals surface area contributed by atoms with Crippen molar-refractivity contribution in [1.82, 2.24) is 4.90 Å². The Morgan fingerprint density at radius 2 is 1.95 bits per heavy atom. The molecule has 100 valence electrons. The summed E-state index contributed by atoms with van der Waals surface area (Å²) >= 11 is 3.64. The first kappa shape index (κ1) is 13.1. The van der Waals surface area contributed by atoms with Gasteiger partial charge in [-0.25, -0.2) is 0 Å². The zero-order chi connectivity index (χ0) is 13.1. The van der Waals surface area contributed by atoms with E-state index in [-0.39, 0.29) is 0 Å². The summed E-state index contributed by atoms with van der Waals surface area (Å²) < 4.78 is 0. The molecule has 1 aliphatic rings. The first-order valence-electron chi connectivity index (χ1n) is 7.12. The van der Waals surface area contributed by atoms with Crippen LogP contribution in [0.15, 0.2) is 42.5 Å². The molecule has 0 bridgehead atoms. The zero-order valence-electron chi connectivity index (χ0n) is 11.2. The van der Waals surface area contributed by atoms with Crippen molar-refractivity contribution in [3.8, 4) is 0 Å². The molecule has 0 spiro atoms. The molecule has 0 aliphatic carbocycles. The monoisotopic (exact) mass is 317 g/mol. The summed E-state index contributed by atoms with van der Waals surface area (Å²) in [7, 11) is 0. The second-order valence-corrected chi connectivity index (χ2v) is 6.18. The highest BCUT2D eigenvalue weighted by Gasteiger charge is 2.19. The van der Waals surface area contributed by atoms with Crippen LogP contribution >= 0.6 is 15.9 Å². The van der Waals surface area contributed by atoms with Crippen molar-refractivity contribution in [2.75, 3.05) is 18.4 Å². The van der Waals surface area contributed by atoms with Gasteiger partial charge < -0.3 is 0 Å². The Labute approximate surface area is 123 Å². The highest BCUT2D eigenvalue weighted by molar-refractivity contribution is 9.09. The lowest BCUT2D eigenvalue weighted by Crippen LogP contribution is -2.35. The van der Waals surface area contributed by atoms with E-state index in [0.717, 1.165) is 17.8 Å². The number of nitrogens with zero attached hydrogens (tertiary/aromatic N) is 1. The maximum atomic E-state index is 3.64. The first-order chi connectivity index (χ1) is 9.36. The maximum Gasteiger partial charge on any atom is 0.0240 e. The van der Waals surface area contributed by atoms with Crippen LogP contribution in [0, 0.1) is 5.92 Å². The quantitative estimate of drug-likeness (QED) is 0.756. The fraction of sp³-hybridized carbons (Fsp3) is 0.412. The molecule has 1 atom stereocenters. The van der Waals surface area contributed by atoms with Crippen LogP contribution < -0.4 is 0 Å². The molecule has 0 N–H and O–H groups in total. The number of alkyl halides is 1. The highest BCUT2D eigenvalue weighted by Crippen LogP contribution is 2.23. The summed E-state index contributed by atoms with van der Waals surface area (Å²) in [6.07, 6.45) is 2.71. The Bertz CT molecular complexity index is 546. The fourth-order valence-corrected chi connectivity index (χ4v) is 3.62. The molecular weight excluding hydrogens is 298 g/mol. The standard InChI is InChI=1S/C17H20BrN/c18-11-14-5-4-10-19(12-14)13-16-8-3-7-15-6-1-2-9-17(15)16/h1-3,6-9,14H,4-5,10-13H2. The number of rotatable bonds is 3. The van der Waals surface area contributed by atoms with E-state index in [4.69, 9.17) is 0 Å². The van der Waals surface area contributed by atoms with Crippen molar-refractivity contribution in [3.05, 3.63) is 48.0 Å². The molecule has 1 nitrogen and oxygen atoms in total. The average molecular weight is 318 g/mol. The SMILES string of the molecule is BrCC1CCCN(Cc2cccc3ccccc23)C1. The van der Waals surface area contributed by atoms with Crippen molar-refractivity contribution >= 4 is 26.7 Å². The average Bonchev–Trinajstić information content (AvgIpc) is 2.48. The Kier molecular flexibility index (Phi) is 4.19. The van der Waals surface area contributed by atoms with Crippen LogP contribution in [0.25, 0.3) is 10.8 Å². The minimum atomic E-state index is 0.823. The molecule has 3 rings (SSSR count). The minimum Gasteiger partial charge on any atom is -0.299 e. The van der Waals surface area contributed by atoms with Gasteiger partial charge in [0.25, 0.3) is 0 Å². The van der Waals surface area contributed by atoms with E-state index in [1.165, 1.54) is 42.3 Å². The molecule has 1 fully saturated rings. The number of likely N-dealkylation sites (tertiary alicyclic amines) is 1. The van der Waals surface area contributed by atoms with Crippen molar-refractivity contribution in [2.24, 2.45) is 5.92 Å². The summed E-state index contributed by atoms with van der Waals surface area (Å²) in [5.41, 5.74) is 1.47. The normalized spacial score (nSPS) is 20.8. The number of hydrogen-bond acceptors (Lipinski definition) is 1. The number of hydrogen-bond donors (Lipinski definition) is 0. The first-order valence-corrected chi connectivity index (χ1v) is 8.24.